The number of nitrogens with zero attached hydrogens (tertiary/aromatic N) is 2. The minimum Gasteiger partial charge on any atom is -0.378 e. The second-order valence-corrected chi connectivity index (χ2v) is 11.7. The molecule has 1 atom stereocenters. The zero-order chi connectivity index (χ0) is 27.9. The van der Waals surface area contributed by atoms with E-state index in [1.54, 1.807) is 0 Å². The molecule has 0 aliphatic carbocycles. The molecule has 1 fully saturated rings. The van der Waals surface area contributed by atoms with E-state index in [0.29, 0.717) is 0 Å². The Hall–Kier alpha value is -2.17. The number of carbonyl (C=O) groups is 1. The SMILES string of the molecule is CCCCCCCCCCCCc1ccc(CC(CC)(C(=O)c2ccc(N3CCOCC3)cc2)N(C)C)cc1. The molecule has 1 aliphatic heterocycles. The third-order valence-electron chi connectivity index (χ3n) is 8.71. The smallest absolute Gasteiger partial charge is 0.183 e. The van der Waals surface area contributed by atoms with Crippen LogP contribution in [-0.4, -0.2) is 56.6 Å². The lowest BCUT2D eigenvalue weighted by molar-refractivity contribution is 0.0666. The van der Waals surface area contributed by atoms with Crippen LogP contribution in [0.5, 0.6) is 0 Å². The van der Waals surface area contributed by atoms with E-state index in [1.807, 2.05) is 26.2 Å². The number of likely N-dealkylation sites (N-methyl/N-ethyl adjacent to an activating group) is 1. The van der Waals surface area contributed by atoms with Crippen molar-refractivity contribution in [2.24, 2.45) is 0 Å². The zero-order valence-corrected chi connectivity index (χ0v) is 25.4. The molecule has 1 saturated heterocycles. The van der Waals surface area contributed by atoms with Crippen molar-refractivity contribution in [2.75, 3.05) is 45.3 Å². The van der Waals surface area contributed by atoms with E-state index in [2.05, 4.69) is 60.0 Å². The van der Waals surface area contributed by atoms with Crippen molar-refractivity contribution < 1.29 is 9.53 Å². The van der Waals surface area contributed by atoms with Crippen molar-refractivity contribution >= 4 is 11.5 Å². The van der Waals surface area contributed by atoms with Crippen molar-refractivity contribution in [3.63, 3.8) is 0 Å². The van der Waals surface area contributed by atoms with Crippen molar-refractivity contribution in [3.05, 3.63) is 65.2 Å². The van der Waals surface area contributed by atoms with Gasteiger partial charge in [0.05, 0.1) is 18.8 Å². The average Bonchev–Trinajstić information content (AvgIpc) is 2.97. The van der Waals surface area contributed by atoms with Crippen LogP contribution in [0.3, 0.4) is 0 Å². The van der Waals surface area contributed by atoms with E-state index >= 15 is 0 Å². The molecule has 0 radical (unpaired) electrons. The lowest BCUT2D eigenvalue weighted by Gasteiger charge is -2.38. The van der Waals surface area contributed by atoms with Crippen LogP contribution in [0.1, 0.15) is 106 Å². The van der Waals surface area contributed by atoms with Gasteiger partial charge in [-0.1, -0.05) is 95.9 Å². The number of morpholine rings is 1. The van der Waals surface area contributed by atoms with Gasteiger partial charge in [0.1, 0.15) is 0 Å². The normalized spacial score (nSPS) is 15.5. The van der Waals surface area contributed by atoms with Gasteiger partial charge in [-0.05, 0) is 75.2 Å². The van der Waals surface area contributed by atoms with Crippen molar-refractivity contribution in [1.29, 1.82) is 0 Å². The number of hydrogen-bond acceptors (Lipinski definition) is 4. The molecule has 1 aliphatic rings. The summed E-state index contributed by atoms with van der Waals surface area (Å²) in [5.41, 5.74) is 4.05. The molecule has 216 valence electrons. The first kappa shape index (κ1) is 31.4. The summed E-state index contributed by atoms with van der Waals surface area (Å²) in [5, 5.41) is 0. The van der Waals surface area contributed by atoms with E-state index in [9.17, 15) is 4.79 Å². The number of aryl methyl sites for hydroxylation is 1. The maximum Gasteiger partial charge on any atom is 0.183 e. The van der Waals surface area contributed by atoms with Crippen molar-refractivity contribution in [2.45, 2.75) is 103 Å². The molecule has 1 heterocycles. The van der Waals surface area contributed by atoms with Crippen LogP contribution < -0.4 is 4.90 Å². The minimum atomic E-state index is -0.557. The Bertz CT molecular complexity index is 948. The van der Waals surface area contributed by atoms with Gasteiger partial charge in [-0.3, -0.25) is 9.69 Å². The monoisotopic (exact) mass is 534 g/mol. The van der Waals surface area contributed by atoms with Crippen LogP contribution in [-0.2, 0) is 17.6 Å². The lowest BCUT2D eigenvalue weighted by Crippen LogP contribution is -2.52. The molecule has 0 amide bonds. The highest BCUT2D eigenvalue weighted by molar-refractivity contribution is 6.03. The number of Topliss-reactive ketones (excluding diaryl/α,β-unsaturated/α-hetero) is 1. The first-order valence-corrected chi connectivity index (χ1v) is 15.7. The van der Waals surface area contributed by atoms with Crippen LogP contribution in [0.15, 0.2) is 48.5 Å². The summed E-state index contributed by atoms with van der Waals surface area (Å²) in [7, 11) is 4.09. The fraction of sp³-hybridized carbons (Fsp3) is 0.629. The molecule has 2 aromatic carbocycles. The van der Waals surface area contributed by atoms with Crippen LogP contribution in [0, 0.1) is 0 Å². The molecule has 39 heavy (non-hydrogen) atoms. The summed E-state index contributed by atoms with van der Waals surface area (Å²) in [5.74, 6) is 0.206. The summed E-state index contributed by atoms with van der Waals surface area (Å²) in [6, 6.07) is 17.3. The summed E-state index contributed by atoms with van der Waals surface area (Å²) in [6.45, 7) is 7.75. The highest BCUT2D eigenvalue weighted by Gasteiger charge is 2.39. The van der Waals surface area contributed by atoms with Gasteiger partial charge in [-0.2, -0.15) is 0 Å². The van der Waals surface area contributed by atoms with E-state index < -0.39 is 5.54 Å². The number of rotatable bonds is 18. The fourth-order valence-corrected chi connectivity index (χ4v) is 5.94. The Morgan fingerprint density at radius 2 is 1.31 bits per heavy atom. The number of carbonyl (C=O) groups excluding carboxylic acids is 1. The van der Waals surface area contributed by atoms with Crippen LogP contribution in [0.25, 0.3) is 0 Å². The summed E-state index contributed by atoms with van der Waals surface area (Å²) < 4.78 is 5.48. The number of ketones is 1. The molecule has 0 aromatic heterocycles. The Balaban J connectivity index is 1.51. The Morgan fingerprint density at radius 3 is 1.85 bits per heavy atom. The number of anilines is 1. The molecular weight excluding hydrogens is 480 g/mol. The maximum absolute atomic E-state index is 13.9. The average molecular weight is 535 g/mol. The number of benzene rings is 2. The van der Waals surface area contributed by atoms with E-state index in [-0.39, 0.29) is 5.78 Å². The molecule has 0 spiro atoms. The fourth-order valence-electron chi connectivity index (χ4n) is 5.94. The molecular formula is C35H54N2O2. The first-order valence-electron chi connectivity index (χ1n) is 15.7. The Kier molecular flexibility index (Phi) is 13.5. The van der Waals surface area contributed by atoms with Gasteiger partial charge in [0, 0.05) is 24.3 Å². The summed E-state index contributed by atoms with van der Waals surface area (Å²) >= 11 is 0. The van der Waals surface area contributed by atoms with E-state index in [0.717, 1.165) is 51.1 Å². The molecule has 0 saturated carbocycles. The minimum absolute atomic E-state index is 0.206. The molecule has 4 nitrogen and oxygen atoms in total. The number of unbranched alkanes of at least 4 members (excludes halogenated alkanes) is 9. The molecule has 0 bridgehead atoms. The lowest BCUT2D eigenvalue weighted by atomic mass is 9.80. The van der Waals surface area contributed by atoms with Crippen LogP contribution >= 0.6 is 0 Å². The zero-order valence-electron chi connectivity index (χ0n) is 25.4. The molecule has 2 aromatic rings. The highest BCUT2D eigenvalue weighted by atomic mass is 16.5. The second-order valence-electron chi connectivity index (χ2n) is 11.7. The standard InChI is InChI=1S/C35H54N2O2/c1-5-7-8-9-10-11-12-13-14-15-16-30-17-19-31(20-18-30)29-35(6-2,36(3)4)34(38)32-21-23-33(24-22-32)37-25-27-39-28-26-37/h17-24H,5-16,25-29H2,1-4H3. The highest BCUT2D eigenvalue weighted by Crippen LogP contribution is 2.29. The van der Waals surface area contributed by atoms with Gasteiger partial charge in [0.2, 0.25) is 0 Å². The topological polar surface area (TPSA) is 32.8 Å². The second kappa shape index (κ2) is 16.8. The maximum atomic E-state index is 13.9. The van der Waals surface area contributed by atoms with E-state index in [4.69, 9.17) is 4.74 Å². The number of ether oxygens (including phenoxy) is 1. The molecule has 4 heteroatoms. The van der Waals surface area contributed by atoms with Gasteiger partial charge in [0.25, 0.3) is 0 Å². The van der Waals surface area contributed by atoms with Crippen LogP contribution in [0.2, 0.25) is 0 Å². The molecule has 3 rings (SSSR count). The van der Waals surface area contributed by atoms with Crippen LogP contribution in [0.4, 0.5) is 5.69 Å². The number of hydrogen-bond donors (Lipinski definition) is 0. The largest absolute Gasteiger partial charge is 0.378 e. The Morgan fingerprint density at radius 1 is 0.769 bits per heavy atom. The third-order valence-corrected chi connectivity index (χ3v) is 8.71. The van der Waals surface area contributed by atoms with Crippen molar-refractivity contribution in [3.8, 4) is 0 Å². The Labute approximate surface area is 239 Å². The van der Waals surface area contributed by atoms with Gasteiger partial charge < -0.3 is 9.64 Å². The van der Waals surface area contributed by atoms with Gasteiger partial charge in [-0.15, -0.1) is 0 Å². The molecule has 1 unspecified atom stereocenters. The predicted molar refractivity (Wildman–Crippen MR) is 166 cm³/mol. The first-order chi connectivity index (χ1) is 19.0. The summed E-state index contributed by atoms with van der Waals surface area (Å²) in [4.78, 5) is 18.4. The van der Waals surface area contributed by atoms with E-state index in [1.165, 1.54) is 81.0 Å². The molecule has 0 N–H and O–H groups in total. The predicted octanol–water partition coefficient (Wildman–Crippen LogP) is 8.12. The van der Waals surface area contributed by atoms with Gasteiger partial charge in [0.15, 0.2) is 5.78 Å². The summed E-state index contributed by atoms with van der Waals surface area (Å²) in [6.07, 6.45) is 16.4. The van der Waals surface area contributed by atoms with Gasteiger partial charge in [-0.25, -0.2) is 0 Å². The quantitative estimate of drug-likeness (QED) is 0.143. The third kappa shape index (κ3) is 9.46. The van der Waals surface area contributed by atoms with Crippen molar-refractivity contribution in [1.82, 2.24) is 4.90 Å². The van der Waals surface area contributed by atoms with Gasteiger partial charge >= 0.3 is 0 Å².